The minimum Gasteiger partial charge on any atom is -0.497 e. The number of ether oxygens (including phenoxy) is 2. The largest absolute Gasteiger partial charge is 0.497 e. The molecule has 1 aromatic carbocycles. The van der Waals surface area contributed by atoms with Crippen molar-refractivity contribution in [2.45, 2.75) is 38.7 Å². The van der Waals surface area contributed by atoms with Crippen molar-refractivity contribution in [2.75, 3.05) is 12.4 Å². The van der Waals surface area contributed by atoms with E-state index in [0.29, 0.717) is 0 Å². The summed E-state index contributed by atoms with van der Waals surface area (Å²) in [6.45, 7) is 4.85. The standard InChI is InChI=1S/C14H18F3NO4/c1-13(2,3)22-12(20)18-10-6-5-8(21-4)7-9(10)11(19)14(15,16)17/h5-7,11,19H,1-4H3,(H,18,20)/t11-/m1/s1. The first-order valence-corrected chi connectivity index (χ1v) is 6.37. The van der Waals surface area contributed by atoms with Gasteiger partial charge in [-0.15, -0.1) is 0 Å². The van der Waals surface area contributed by atoms with Crippen LogP contribution in [0.25, 0.3) is 0 Å². The molecule has 0 radical (unpaired) electrons. The number of halogens is 3. The third kappa shape index (κ3) is 5.10. The van der Waals surface area contributed by atoms with Gasteiger partial charge >= 0.3 is 12.3 Å². The molecule has 0 heterocycles. The predicted octanol–water partition coefficient (Wildman–Crippen LogP) is 3.64. The van der Waals surface area contributed by atoms with Gasteiger partial charge in [-0.2, -0.15) is 13.2 Å². The van der Waals surface area contributed by atoms with Crippen LogP contribution >= 0.6 is 0 Å². The molecule has 5 nitrogen and oxygen atoms in total. The Balaban J connectivity index is 3.11. The van der Waals surface area contributed by atoms with Crippen molar-refractivity contribution in [3.8, 4) is 5.75 Å². The molecular formula is C14H18F3NO4. The van der Waals surface area contributed by atoms with Crippen molar-refractivity contribution in [3.05, 3.63) is 23.8 Å². The summed E-state index contributed by atoms with van der Waals surface area (Å²) in [6, 6.07) is 3.57. The number of aliphatic hydroxyl groups is 1. The number of hydrogen-bond acceptors (Lipinski definition) is 4. The Morgan fingerprint density at radius 1 is 1.27 bits per heavy atom. The lowest BCUT2D eigenvalue weighted by Crippen LogP contribution is -2.28. The van der Waals surface area contributed by atoms with Gasteiger partial charge in [0.25, 0.3) is 0 Å². The average molecular weight is 321 g/mol. The lowest BCUT2D eigenvalue weighted by molar-refractivity contribution is -0.206. The number of alkyl halides is 3. The minimum absolute atomic E-state index is 0.119. The third-order valence-electron chi connectivity index (χ3n) is 2.50. The van der Waals surface area contributed by atoms with Gasteiger partial charge in [0.1, 0.15) is 11.4 Å². The number of rotatable bonds is 3. The van der Waals surface area contributed by atoms with E-state index in [1.54, 1.807) is 20.8 Å². The van der Waals surface area contributed by atoms with Crippen LogP contribution in [-0.4, -0.2) is 30.1 Å². The molecule has 0 unspecified atom stereocenters. The van der Waals surface area contributed by atoms with Crippen molar-refractivity contribution < 1.29 is 32.5 Å². The smallest absolute Gasteiger partial charge is 0.418 e. The lowest BCUT2D eigenvalue weighted by Gasteiger charge is -2.22. The summed E-state index contributed by atoms with van der Waals surface area (Å²) < 4.78 is 48.0. The highest BCUT2D eigenvalue weighted by Gasteiger charge is 2.41. The molecule has 1 aromatic rings. The van der Waals surface area contributed by atoms with Crippen LogP contribution in [0.2, 0.25) is 0 Å². The SMILES string of the molecule is COc1ccc(NC(=O)OC(C)(C)C)c([C@@H](O)C(F)(F)F)c1. The number of nitrogens with one attached hydrogen (secondary N) is 1. The number of hydrogen-bond donors (Lipinski definition) is 2. The molecular weight excluding hydrogens is 303 g/mol. The summed E-state index contributed by atoms with van der Waals surface area (Å²) in [4.78, 5) is 11.7. The molecule has 1 atom stereocenters. The molecule has 0 bridgehead atoms. The summed E-state index contributed by atoms with van der Waals surface area (Å²) in [5.41, 5.74) is -1.54. The summed E-state index contributed by atoms with van der Waals surface area (Å²) in [5, 5.41) is 11.6. The Kier molecular flexibility index (Phi) is 5.29. The maximum absolute atomic E-state index is 12.7. The van der Waals surface area contributed by atoms with Gasteiger partial charge < -0.3 is 14.6 Å². The first-order chi connectivity index (χ1) is 9.94. The molecule has 0 saturated carbocycles. The van der Waals surface area contributed by atoms with Crippen LogP contribution in [0.1, 0.15) is 32.4 Å². The van der Waals surface area contributed by atoms with E-state index in [0.717, 1.165) is 6.07 Å². The van der Waals surface area contributed by atoms with E-state index in [4.69, 9.17) is 9.47 Å². The van der Waals surface area contributed by atoms with E-state index in [9.17, 15) is 23.1 Å². The molecule has 2 N–H and O–H groups in total. The van der Waals surface area contributed by atoms with Crippen molar-refractivity contribution in [2.24, 2.45) is 0 Å². The number of amides is 1. The molecule has 0 aliphatic heterocycles. The summed E-state index contributed by atoms with van der Waals surface area (Å²) in [7, 11) is 1.28. The molecule has 0 aliphatic carbocycles. The third-order valence-corrected chi connectivity index (χ3v) is 2.50. The predicted molar refractivity (Wildman–Crippen MR) is 73.9 cm³/mol. The number of carbonyl (C=O) groups is 1. The van der Waals surface area contributed by atoms with Gasteiger partial charge in [0.05, 0.1) is 12.8 Å². The summed E-state index contributed by atoms with van der Waals surface area (Å²) in [6.07, 6.45) is -8.56. The molecule has 1 amide bonds. The van der Waals surface area contributed by atoms with Crippen LogP contribution in [0.4, 0.5) is 23.7 Å². The molecule has 0 aromatic heterocycles. The van der Waals surface area contributed by atoms with Crippen LogP contribution in [-0.2, 0) is 4.74 Å². The highest BCUT2D eigenvalue weighted by molar-refractivity contribution is 5.86. The number of methoxy groups -OCH3 is 1. The number of anilines is 1. The normalized spacial score (nSPS) is 13.5. The van der Waals surface area contributed by atoms with E-state index >= 15 is 0 Å². The van der Waals surface area contributed by atoms with Gasteiger partial charge in [-0.3, -0.25) is 5.32 Å². The maximum Gasteiger partial charge on any atom is 0.418 e. The fourth-order valence-corrected chi connectivity index (χ4v) is 1.60. The van der Waals surface area contributed by atoms with Crippen LogP contribution in [0.15, 0.2) is 18.2 Å². The number of aliphatic hydroxyl groups excluding tert-OH is 1. The van der Waals surface area contributed by atoms with Gasteiger partial charge in [-0.05, 0) is 39.0 Å². The summed E-state index contributed by atoms with van der Waals surface area (Å²) in [5.74, 6) is 0.119. The fourth-order valence-electron chi connectivity index (χ4n) is 1.60. The second kappa shape index (κ2) is 6.43. The number of benzene rings is 1. The van der Waals surface area contributed by atoms with Crippen LogP contribution in [0, 0.1) is 0 Å². The average Bonchev–Trinajstić information content (AvgIpc) is 2.35. The molecule has 0 saturated heterocycles. The van der Waals surface area contributed by atoms with E-state index in [1.165, 1.54) is 19.2 Å². The van der Waals surface area contributed by atoms with Gasteiger partial charge in [-0.25, -0.2) is 4.79 Å². The Morgan fingerprint density at radius 2 is 1.86 bits per heavy atom. The topological polar surface area (TPSA) is 67.8 Å². The molecule has 8 heteroatoms. The van der Waals surface area contributed by atoms with Crippen molar-refractivity contribution >= 4 is 11.8 Å². The maximum atomic E-state index is 12.7. The first kappa shape index (κ1) is 18.1. The second-order valence-electron chi connectivity index (χ2n) is 5.52. The Morgan fingerprint density at radius 3 is 2.32 bits per heavy atom. The quantitative estimate of drug-likeness (QED) is 0.892. The zero-order valence-corrected chi connectivity index (χ0v) is 12.6. The van der Waals surface area contributed by atoms with Crippen LogP contribution < -0.4 is 10.1 Å². The zero-order chi connectivity index (χ0) is 17.1. The molecule has 22 heavy (non-hydrogen) atoms. The molecule has 0 fully saturated rings. The Labute approximate surface area is 126 Å². The molecule has 124 valence electrons. The van der Waals surface area contributed by atoms with E-state index in [-0.39, 0.29) is 11.4 Å². The zero-order valence-electron chi connectivity index (χ0n) is 12.6. The first-order valence-electron chi connectivity index (χ1n) is 6.37. The van der Waals surface area contributed by atoms with E-state index in [1.807, 2.05) is 0 Å². The molecule has 0 aliphatic rings. The van der Waals surface area contributed by atoms with Crippen molar-refractivity contribution in [1.82, 2.24) is 0 Å². The van der Waals surface area contributed by atoms with Gasteiger partial charge in [0, 0.05) is 5.56 Å². The van der Waals surface area contributed by atoms with Gasteiger partial charge in [0.15, 0.2) is 6.10 Å². The fraction of sp³-hybridized carbons (Fsp3) is 0.500. The Hall–Kier alpha value is -1.96. The molecule has 0 spiro atoms. The van der Waals surface area contributed by atoms with Crippen molar-refractivity contribution in [1.29, 1.82) is 0 Å². The van der Waals surface area contributed by atoms with E-state index < -0.39 is 29.5 Å². The second-order valence-corrected chi connectivity index (χ2v) is 5.52. The highest BCUT2D eigenvalue weighted by Crippen LogP contribution is 2.37. The molecule has 1 rings (SSSR count). The highest BCUT2D eigenvalue weighted by atomic mass is 19.4. The van der Waals surface area contributed by atoms with Gasteiger partial charge in [0.2, 0.25) is 0 Å². The van der Waals surface area contributed by atoms with E-state index in [2.05, 4.69) is 5.32 Å². The summed E-state index contributed by atoms with van der Waals surface area (Å²) >= 11 is 0. The lowest BCUT2D eigenvalue weighted by atomic mass is 10.1. The minimum atomic E-state index is -4.88. The number of carbonyl (C=O) groups excluding carboxylic acids is 1. The Bertz CT molecular complexity index is 538. The van der Waals surface area contributed by atoms with Crippen LogP contribution in [0.5, 0.6) is 5.75 Å². The van der Waals surface area contributed by atoms with Crippen molar-refractivity contribution in [3.63, 3.8) is 0 Å². The van der Waals surface area contributed by atoms with Crippen LogP contribution in [0.3, 0.4) is 0 Å². The monoisotopic (exact) mass is 321 g/mol. The van der Waals surface area contributed by atoms with Gasteiger partial charge in [-0.1, -0.05) is 0 Å².